The number of amides is 1. The minimum absolute atomic E-state index is 0.188. The van der Waals surface area contributed by atoms with Gasteiger partial charge in [0.1, 0.15) is 5.75 Å². The summed E-state index contributed by atoms with van der Waals surface area (Å²) in [4.78, 5) is 23.7. The Labute approximate surface area is 163 Å². The lowest BCUT2D eigenvalue weighted by molar-refractivity contribution is -0.118. The molecule has 2 rings (SSSR count). The Morgan fingerprint density at radius 3 is 2.52 bits per heavy atom. The molecular formula is C17H14BrCl2NO4. The third-order valence-corrected chi connectivity index (χ3v) is 4.10. The molecule has 0 aromatic heterocycles. The van der Waals surface area contributed by atoms with Gasteiger partial charge in [0.2, 0.25) is 0 Å². The van der Waals surface area contributed by atoms with Crippen LogP contribution in [-0.4, -0.2) is 25.1 Å². The first kappa shape index (κ1) is 19.6. The number of anilines is 1. The van der Waals surface area contributed by atoms with Crippen molar-refractivity contribution in [2.75, 3.05) is 18.5 Å². The zero-order valence-corrected chi connectivity index (χ0v) is 16.2. The number of benzene rings is 2. The van der Waals surface area contributed by atoms with Crippen LogP contribution in [0.5, 0.6) is 5.75 Å². The molecular weight excluding hydrogens is 433 g/mol. The van der Waals surface area contributed by atoms with E-state index >= 15 is 0 Å². The lowest BCUT2D eigenvalue weighted by Crippen LogP contribution is -2.20. The van der Waals surface area contributed by atoms with Crippen LogP contribution in [0, 0.1) is 0 Å². The second kappa shape index (κ2) is 9.08. The van der Waals surface area contributed by atoms with Gasteiger partial charge >= 0.3 is 5.97 Å². The molecule has 0 aliphatic carbocycles. The second-order valence-electron chi connectivity index (χ2n) is 4.83. The van der Waals surface area contributed by atoms with Gasteiger partial charge in [-0.25, -0.2) is 4.79 Å². The Hall–Kier alpha value is -1.76. The Morgan fingerprint density at radius 1 is 1.12 bits per heavy atom. The molecule has 2 aromatic rings. The van der Waals surface area contributed by atoms with Gasteiger partial charge in [0, 0.05) is 10.2 Å². The Kier molecular flexibility index (Phi) is 7.11. The summed E-state index contributed by atoms with van der Waals surface area (Å²) in [5.41, 5.74) is 0.674. The molecule has 0 aliphatic rings. The first-order valence-electron chi connectivity index (χ1n) is 7.25. The molecule has 0 unspecified atom stereocenters. The number of esters is 1. The summed E-state index contributed by atoms with van der Waals surface area (Å²) in [6.45, 7) is 1.74. The Balaban J connectivity index is 1.96. The molecule has 1 N–H and O–H groups in total. The molecule has 0 radical (unpaired) electrons. The van der Waals surface area contributed by atoms with Gasteiger partial charge in [-0.3, -0.25) is 4.79 Å². The van der Waals surface area contributed by atoms with E-state index in [2.05, 4.69) is 21.2 Å². The predicted octanol–water partition coefficient (Wildman–Crippen LogP) is 4.95. The van der Waals surface area contributed by atoms with Gasteiger partial charge in [-0.15, -0.1) is 0 Å². The standard InChI is InChI=1S/C17H14BrCl2NO4/c1-2-24-17(23)12-5-4-11(8-13(12)19)21-16(22)9-25-15-6-3-10(18)7-14(15)20/h3-8H,2,9H2,1H3,(H,21,22). The monoisotopic (exact) mass is 445 g/mol. The number of hydrogen-bond acceptors (Lipinski definition) is 4. The van der Waals surface area contributed by atoms with Crippen molar-refractivity contribution in [2.24, 2.45) is 0 Å². The summed E-state index contributed by atoms with van der Waals surface area (Å²) in [5.74, 6) is -0.506. The third-order valence-electron chi connectivity index (χ3n) is 3.00. The molecule has 0 atom stereocenters. The van der Waals surface area contributed by atoms with E-state index in [0.717, 1.165) is 4.47 Å². The van der Waals surface area contributed by atoms with Gasteiger partial charge in [0.05, 0.1) is 22.2 Å². The Morgan fingerprint density at radius 2 is 1.88 bits per heavy atom. The van der Waals surface area contributed by atoms with Gasteiger partial charge in [0.15, 0.2) is 6.61 Å². The average molecular weight is 447 g/mol. The number of hydrogen-bond donors (Lipinski definition) is 1. The maximum absolute atomic E-state index is 12.0. The summed E-state index contributed by atoms with van der Waals surface area (Å²) in [6, 6.07) is 9.60. The van der Waals surface area contributed by atoms with Crippen molar-refractivity contribution in [3.63, 3.8) is 0 Å². The van der Waals surface area contributed by atoms with E-state index in [9.17, 15) is 9.59 Å². The quantitative estimate of drug-likeness (QED) is 0.637. The van der Waals surface area contributed by atoms with Crippen LogP contribution in [0.15, 0.2) is 40.9 Å². The predicted molar refractivity (Wildman–Crippen MR) is 101 cm³/mol. The largest absolute Gasteiger partial charge is 0.482 e. The van der Waals surface area contributed by atoms with Gasteiger partial charge in [0.25, 0.3) is 5.91 Å². The summed E-state index contributed by atoms with van der Waals surface area (Å²) in [7, 11) is 0. The zero-order chi connectivity index (χ0) is 18.4. The minimum Gasteiger partial charge on any atom is -0.482 e. The minimum atomic E-state index is -0.515. The molecule has 2 aromatic carbocycles. The highest BCUT2D eigenvalue weighted by atomic mass is 79.9. The summed E-state index contributed by atoms with van der Waals surface area (Å²) in [5, 5.41) is 3.21. The smallest absolute Gasteiger partial charge is 0.339 e. The van der Waals surface area contributed by atoms with E-state index in [1.807, 2.05) is 0 Å². The van der Waals surface area contributed by atoms with E-state index in [1.54, 1.807) is 31.2 Å². The van der Waals surface area contributed by atoms with Crippen LogP contribution in [0.3, 0.4) is 0 Å². The molecule has 0 spiro atoms. The van der Waals surface area contributed by atoms with Crippen molar-refractivity contribution in [2.45, 2.75) is 6.92 Å². The number of nitrogens with one attached hydrogen (secondary N) is 1. The lowest BCUT2D eigenvalue weighted by atomic mass is 10.2. The molecule has 0 aliphatic heterocycles. The van der Waals surface area contributed by atoms with Crippen molar-refractivity contribution in [3.05, 3.63) is 56.5 Å². The summed E-state index contributed by atoms with van der Waals surface area (Å²) < 4.78 is 11.1. The average Bonchev–Trinajstić information content (AvgIpc) is 2.54. The van der Waals surface area contributed by atoms with Gasteiger partial charge in [-0.05, 0) is 43.3 Å². The van der Waals surface area contributed by atoms with E-state index in [4.69, 9.17) is 32.7 Å². The summed E-state index contributed by atoms with van der Waals surface area (Å²) >= 11 is 15.4. The summed E-state index contributed by atoms with van der Waals surface area (Å²) in [6.07, 6.45) is 0. The van der Waals surface area contributed by atoms with Crippen LogP contribution in [0.1, 0.15) is 17.3 Å². The first-order valence-corrected chi connectivity index (χ1v) is 8.80. The maximum atomic E-state index is 12.0. The van der Waals surface area contributed by atoms with Crippen molar-refractivity contribution >= 4 is 56.7 Å². The number of carbonyl (C=O) groups is 2. The molecule has 5 nitrogen and oxygen atoms in total. The number of carbonyl (C=O) groups excluding carboxylic acids is 2. The SMILES string of the molecule is CCOC(=O)c1ccc(NC(=O)COc2ccc(Br)cc2Cl)cc1Cl. The van der Waals surface area contributed by atoms with Crippen molar-refractivity contribution in [1.82, 2.24) is 0 Å². The Bertz CT molecular complexity index is 798. The highest BCUT2D eigenvalue weighted by Crippen LogP contribution is 2.27. The van der Waals surface area contributed by atoms with E-state index in [1.165, 1.54) is 12.1 Å². The molecule has 0 saturated carbocycles. The van der Waals surface area contributed by atoms with E-state index < -0.39 is 5.97 Å². The van der Waals surface area contributed by atoms with Crippen LogP contribution in [0.25, 0.3) is 0 Å². The molecule has 25 heavy (non-hydrogen) atoms. The number of ether oxygens (including phenoxy) is 2. The van der Waals surface area contributed by atoms with Crippen molar-refractivity contribution in [1.29, 1.82) is 0 Å². The highest BCUT2D eigenvalue weighted by molar-refractivity contribution is 9.10. The second-order valence-corrected chi connectivity index (χ2v) is 6.56. The van der Waals surface area contributed by atoms with Crippen LogP contribution < -0.4 is 10.1 Å². The van der Waals surface area contributed by atoms with E-state index in [-0.39, 0.29) is 29.7 Å². The molecule has 0 fully saturated rings. The zero-order valence-electron chi connectivity index (χ0n) is 13.1. The molecule has 132 valence electrons. The van der Waals surface area contributed by atoms with Crippen molar-refractivity contribution in [3.8, 4) is 5.75 Å². The van der Waals surface area contributed by atoms with E-state index in [0.29, 0.717) is 16.5 Å². The number of halogens is 3. The van der Waals surface area contributed by atoms with Crippen LogP contribution >= 0.6 is 39.1 Å². The topological polar surface area (TPSA) is 64.6 Å². The van der Waals surface area contributed by atoms with Gasteiger partial charge in [-0.2, -0.15) is 0 Å². The van der Waals surface area contributed by atoms with Gasteiger partial charge < -0.3 is 14.8 Å². The molecule has 0 bridgehead atoms. The van der Waals surface area contributed by atoms with Crippen molar-refractivity contribution < 1.29 is 19.1 Å². The highest BCUT2D eigenvalue weighted by Gasteiger charge is 2.13. The molecule has 1 amide bonds. The molecule has 0 heterocycles. The normalized spacial score (nSPS) is 10.2. The molecule has 0 saturated heterocycles. The first-order chi connectivity index (χ1) is 11.9. The lowest BCUT2D eigenvalue weighted by Gasteiger charge is -2.10. The maximum Gasteiger partial charge on any atom is 0.339 e. The fourth-order valence-electron chi connectivity index (χ4n) is 1.90. The fourth-order valence-corrected chi connectivity index (χ4v) is 2.89. The third kappa shape index (κ3) is 5.63. The van der Waals surface area contributed by atoms with Crippen LogP contribution in [0.2, 0.25) is 10.0 Å². The molecule has 8 heteroatoms. The fraction of sp³-hybridized carbons (Fsp3) is 0.176. The van der Waals surface area contributed by atoms with Crippen LogP contribution in [-0.2, 0) is 9.53 Å². The number of rotatable bonds is 6. The van der Waals surface area contributed by atoms with Gasteiger partial charge in [-0.1, -0.05) is 39.1 Å². The van der Waals surface area contributed by atoms with Crippen LogP contribution in [0.4, 0.5) is 5.69 Å².